The second-order valence-electron chi connectivity index (χ2n) is 4.15. The Bertz CT molecular complexity index is 583. The van der Waals surface area contributed by atoms with Gasteiger partial charge in [0, 0.05) is 5.69 Å². The molecule has 0 fully saturated rings. The Labute approximate surface area is 111 Å². The highest BCUT2D eigenvalue weighted by Crippen LogP contribution is 2.30. The van der Waals surface area contributed by atoms with Gasteiger partial charge >= 0.3 is 0 Å². The van der Waals surface area contributed by atoms with Crippen LogP contribution in [0.15, 0.2) is 46.6 Å². The minimum absolute atomic E-state index is 0.590. The molecular formula is C14H14ClN3. The third kappa shape index (κ3) is 2.68. The molecule has 2 rings (SSSR count). The average molecular weight is 260 g/mol. The van der Waals surface area contributed by atoms with Crippen molar-refractivity contribution in [2.75, 3.05) is 5.73 Å². The maximum absolute atomic E-state index is 6.02. The molecular weight excluding hydrogens is 246 g/mol. The van der Waals surface area contributed by atoms with Gasteiger partial charge in [0.15, 0.2) is 0 Å². The molecule has 0 atom stereocenters. The Morgan fingerprint density at radius 3 is 2.22 bits per heavy atom. The zero-order chi connectivity index (χ0) is 13.1. The number of nitrogens with two attached hydrogens (primary N) is 1. The third-order valence-corrected chi connectivity index (χ3v) is 2.94. The molecule has 0 amide bonds. The van der Waals surface area contributed by atoms with E-state index in [9.17, 15) is 0 Å². The number of nitrogen functional groups attached to an aromatic ring is 1. The number of nitrogens with zero attached hydrogens (tertiary/aromatic N) is 2. The smallest absolute Gasteiger partial charge is 0.104 e. The van der Waals surface area contributed by atoms with E-state index in [4.69, 9.17) is 17.3 Å². The first-order chi connectivity index (χ1) is 8.58. The maximum Gasteiger partial charge on any atom is 0.104 e. The molecule has 0 aliphatic heterocycles. The Hall–Kier alpha value is -1.87. The van der Waals surface area contributed by atoms with Crippen molar-refractivity contribution in [2.24, 2.45) is 10.2 Å². The number of hydrogen-bond acceptors (Lipinski definition) is 3. The summed E-state index contributed by atoms with van der Waals surface area (Å²) >= 11 is 6.02. The van der Waals surface area contributed by atoms with E-state index in [0.29, 0.717) is 10.7 Å². The monoisotopic (exact) mass is 259 g/mol. The molecule has 92 valence electrons. The van der Waals surface area contributed by atoms with Gasteiger partial charge in [-0.15, -0.1) is 10.2 Å². The third-order valence-electron chi connectivity index (χ3n) is 2.62. The molecule has 0 saturated carbocycles. The topological polar surface area (TPSA) is 50.7 Å². The lowest BCUT2D eigenvalue weighted by Gasteiger charge is -2.05. The Balaban J connectivity index is 2.38. The van der Waals surface area contributed by atoms with E-state index in [2.05, 4.69) is 10.2 Å². The van der Waals surface area contributed by atoms with E-state index < -0.39 is 0 Å². The second kappa shape index (κ2) is 5.19. The van der Waals surface area contributed by atoms with Crippen LogP contribution >= 0.6 is 11.6 Å². The van der Waals surface area contributed by atoms with Gasteiger partial charge in [-0.25, -0.2) is 0 Å². The van der Waals surface area contributed by atoms with E-state index in [1.54, 1.807) is 6.07 Å². The predicted molar refractivity (Wildman–Crippen MR) is 76.0 cm³/mol. The first-order valence-electron chi connectivity index (χ1n) is 5.61. The highest BCUT2D eigenvalue weighted by Gasteiger charge is 2.03. The number of aryl methyl sites for hydroxylation is 2. The highest BCUT2D eigenvalue weighted by molar-refractivity contribution is 6.32. The van der Waals surface area contributed by atoms with Crippen LogP contribution in [0.2, 0.25) is 5.02 Å². The zero-order valence-electron chi connectivity index (χ0n) is 10.3. The Kier molecular flexibility index (Phi) is 3.63. The molecule has 18 heavy (non-hydrogen) atoms. The fourth-order valence-electron chi connectivity index (χ4n) is 1.78. The highest BCUT2D eigenvalue weighted by atomic mass is 35.5. The van der Waals surface area contributed by atoms with Crippen molar-refractivity contribution in [1.82, 2.24) is 0 Å². The second-order valence-corrected chi connectivity index (χ2v) is 4.56. The number of benzene rings is 2. The van der Waals surface area contributed by atoms with Gasteiger partial charge in [0.2, 0.25) is 0 Å². The summed E-state index contributed by atoms with van der Waals surface area (Å²) in [5, 5.41) is 9.03. The van der Waals surface area contributed by atoms with Crippen molar-refractivity contribution in [3.63, 3.8) is 0 Å². The maximum atomic E-state index is 6.02. The molecule has 2 N–H and O–H groups in total. The van der Waals surface area contributed by atoms with Crippen LogP contribution in [0.3, 0.4) is 0 Å². The van der Waals surface area contributed by atoms with E-state index in [0.717, 1.165) is 22.5 Å². The SMILES string of the molecule is Cc1cc(N)cc(C)c1N=Nc1ccccc1Cl. The normalized spacial score (nSPS) is 11.1. The first-order valence-corrected chi connectivity index (χ1v) is 5.98. The van der Waals surface area contributed by atoms with Crippen LogP contribution in [0.1, 0.15) is 11.1 Å². The van der Waals surface area contributed by atoms with E-state index in [1.807, 2.05) is 44.2 Å². The fraction of sp³-hybridized carbons (Fsp3) is 0.143. The lowest BCUT2D eigenvalue weighted by Crippen LogP contribution is -1.88. The summed E-state index contributed by atoms with van der Waals surface area (Å²) in [5.74, 6) is 0. The number of anilines is 1. The fourth-order valence-corrected chi connectivity index (χ4v) is 1.96. The minimum atomic E-state index is 0.590. The first kappa shape index (κ1) is 12.6. The molecule has 0 aromatic heterocycles. The molecule has 0 aliphatic carbocycles. The zero-order valence-corrected chi connectivity index (χ0v) is 11.1. The average Bonchev–Trinajstić information content (AvgIpc) is 2.30. The van der Waals surface area contributed by atoms with Crippen LogP contribution in [0.4, 0.5) is 17.1 Å². The molecule has 2 aromatic carbocycles. The summed E-state index contributed by atoms with van der Waals surface area (Å²) in [6, 6.07) is 11.1. The van der Waals surface area contributed by atoms with Crippen LogP contribution in [0.5, 0.6) is 0 Å². The lowest BCUT2D eigenvalue weighted by atomic mass is 10.1. The standard InChI is InChI=1S/C14H14ClN3/c1-9-7-11(16)8-10(2)14(9)18-17-13-6-4-3-5-12(13)15/h3-8H,16H2,1-2H3. The molecule has 0 aliphatic rings. The predicted octanol–water partition coefficient (Wildman–Crippen LogP) is 4.95. The van der Waals surface area contributed by atoms with Crippen molar-refractivity contribution >= 4 is 28.7 Å². The van der Waals surface area contributed by atoms with Crippen LogP contribution in [0, 0.1) is 13.8 Å². The van der Waals surface area contributed by atoms with Gasteiger partial charge < -0.3 is 5.73 Å². The summed E-state index contributed by atoms with van der Waals surface area (Å²) in [7, 11) is 0. The Morgan fingerprint density at radius 1 is 1.00 bits per heavy atom. The summed E-state index contributed by atoms with van der Waals surface area (Å²) in [5.41, 5.74) is 10.0. The van der Waals surface area contributed by atoms with Crippen molar-refractivity contribution < 1.29 is 0 Å². The number of azo groups is 1. The molecule has 0 heterocycles. The van der Waals surface area contributed by atoms with Crippen molar-refractivity contribution in [3.05, 3.63) is 52.5 Å². The molecule has 0 saturated heterocycles. The van der Waals surface area contributed by atoms with Gasteiger partial charge in [-0.2, -0.15) is 0 Å². The van der Waals surface area contributed by atoms with E-state index >= 15 is 0 Å². The molecule has 0 unspecified atom stereocenters. The number of halogens is 1. The van der Waals surface area contributed by atoms with Crippen molar-refractivity contribution in [2.45, 2.75) is 13.8 Å². The molecule has 0 radical (unpaired) electrons. The van der Waals surface area contributed by atoms with E-state index in [-0.39, 0.29) is 0 Å². The molecule has 0 bridgehead atoms. The quantitative estimate of drug-likeness (QED) is 0.602. The van der Waals surface area contributed by atoms with Gasteiger partial charge in [-0.3, -0.25) is 0 Å². The summed E-state index contributed by atoms with van der Waals surface area (Å²) in [4.78, 5) is 0. The number of rotatable bonds is 2. The van der Waals surface area contributed by atoms with Crippen molar-refractivity contribution in [3.8, 4) is 0 Å². The van der Waals surface area contributed by atoms with Crippen LogP contribution in [0.25, 0.3) is 0 Å². The van der Waals surface area contributed by atoms with Crippen molar-refractivity contribution in [1.29, 1.82) is 0 Å². The molecule has 2 aromatic rings. The summed E-state index contributed by atoms with van der Waals surface area (Å²) in [6.07, 6.45) is 0. The van der Waals surface area contributed by atoms with Crippen LogP contribution in [-0.2, 0) is 0 Å². The summed E-state index contributed by atoms with van der Waals surface area (Å²) < 4.78 is 0. The largest absolute Gasteiger partial charge is 0.399 e. The van der Waals surface area contributed by atoms with Crippen LogP contribution in [-0.4, -0.2) is 0 Å². The summed E-state index contributed by atoms with van der Waals surface area (Å²) in [6.45, 7) is 3.93. The lowest BCUT2D eigenvalue weighted by molar-refractivity contribution is 1.19. The van der Waals surface area contributed by atoms with Gasteiger partial charge in [-0.1, -0.05) is 23.7 Å². The molecule has 4 heteroatoms. The van der Waals surface area contributed by atoms with E-state index in [1.165, 1.54) is 0 Å². The van der Waals surface area contributed by atoms with Gasteiger partial charge in [-0.05, 0) is 49.2 Å². The van der Waals surface area contributed by atoms with Crippen LogP contribution < -0.4 is 5.73 Å². The van der Waals surface area contributed by atoms with Gasteiger partial charge in [0.25, 0.3) is 0 Å². The minimum Gasteiger partial charge on any atom is -0.399 e. The van der Waals surface area contributed by atoms with Gasteiger partial charge in [0.05, 0.1) is 10.7 Å². The molecule has 0 spiro atoms. The number of hydrogen-bond donors (Lipinski definition) is 1. The molecule has 3 nitrogen and oxygen atoms in total. The Morgan fingerprint density at radius 2 is 1.61 bits per heavy atom. The van der Waals surface area contributed by atoms with Gasteiger partial charge in [0.1, 0.15) is 5.69 Å².